The lowest BCUT2D eigenvalue weighted by molar-refractivity contribution is -0.402. The van der Waals surface area contributed by atoms with Gasteiger partial charge in [0.1, 0.15) is 4.92 Å². The predicted octanol–water partition coefficient (Wildman–Crippen LogP) is 3.53. The number of hydrogen-bond acceptors (Lipinski definition) is 6. The van der Waals surface area contributed by atoms with E-state index in [2.05, 4.69) is 5.32 Å². The van der Waals surface area contributed by atoms with Gasteiger partial charge < -0.3 is 14.5 Å². The summed E-state index contributed by atoms with van der Waals surface area (Å²) in [7, 11) is 0. The van der Waals surface area contributed by atoms with Gasteiger partial charge in [0.15, 0.2) is 6.10 Å². The number of ether oxygens (including phenoxy) is 1. The molecule has 8 nitrogen and oxygen atoms in total. The number of nitrogens with zero attached hydrogens (tertiary/aromatic N) is 1. The van der Waals surface area contributed by atoms with Gasteiger partial charge in [-0.1, -0.05) is 30.3 Å². The van der Waals surface area contributed by atoms with E-state index in [-0.39, 0.29) is 5.76 Å². The van der Waals surface area contributed by atoms with Crippen LogP contribution in [-0.2, 0) is 9.53 Å². The summed E-state index contributed by atoms with van der Waals surface area (Å²) in [5.41, 5.74) is 0.560. The van der Waals surface area contributed by atoms with E-state index in [9.17, 15) is 19.7 Å². The Morgan fingerprint density at radius 1 is 1.12 bits per heavy atom. The lowest BCUT2D eigenvalue weighted by atomic mass is 10.1. The van der Waals surface area contributed by atoms with Gasteiger partial charge in [-0.15, -0.1) is 0 Å². The number of amides is 1. The quantitative estimate of drug-likeness (QED) is 0.426. The van der Waals surface area contributed by atoms with Gasteiger partial charge in [-0.2, -0.15) is 0 Å². The normalized spacial score (nSPS) is 11.7. The van der Waals surface area contributed by atoms with Gasteiger partial charge in [-0.25, -0.2) is 4.79 Å². The fourth-order valence-electron chi connectivity index (χ4n) is 2.32. The summed E-state index contributed by atoms with van der Waals surface area (Å²) >= 11 is 0. The van der Waals surface area contributed by atoms with Crippen LogP contribution in [0.15, 0.2) is 59.0 Å². The van der Waals surface area contributed by atoms with E-state index in [1.807, 2.05) is 30.3 Å². The third kappa shape index (κ3) is 3.69. The number of carbonyl (C=O) groups is 2. The monoisotopic (exact) mass is 354 g/mol. The molecular formula is C18H14N2O6. The highest BCUT2D eigenvalue weighted by atomic mass is 16.7. The molecular weight excluding hydrogens is 340 g/mol. The number of esters is 1. The van der Waals surface area contributed by atoms with Gasteiger partial charge in [0.05, 0.1) is 6.07 Å². The molecule has 0 radical (unpaired) electrons. The molecule has 1 aromatic heterocycles. The maximum absolute atomic E-state index is 12.2. The van der Waals surface area contributed by atoms with Gasteiger partial charge >= 0.3 is 11.9 Å². The van der Waals surface area contributed by atoms with Gasteiger partial charge in [-0.05, 0) is 35.9 Å². The van der Waals surface area contributed by atoms with E-state index in [1.165, 1.54) is 6.92 Å². The first-order valence-electron chi connectivity index (χ1n) is 7.69. The summed E-state index contributed by atoms with van der Waals surface area (Å²) in [6.07, 6.45) is -1.11. The van der Waals surface area contributed by atoms with Crippen LogP contribution in [0.2, 0.25) is 0 Å². The number of benzene rings is 2. The van der Waals surface area contributed by atoms with Gasteiger partial charge in [0, 0.05) is 5.69 Å². The zero-order valence-corrected chi connectivity index (χ0v) is 13.7. The third-order valence-electron chi connectivity index (χ3n) is 3.64. The topological polar surface area (TPSA) is 112 Å². The van der Waals surface area contributed by atoms with Crippen LogP contribution in [0.5, 0.6) is 0 Å². The molecule has 0 aliphatic carbocycles. The zero-order valence-electron chi connectivity index (χ0n) is 13.7. The molecule has 0 aliphatic heterocycles. The molecule has 0 spiro atoms. The summed E-state index contributed by atoms with van der Waals surface area (Å²) in [5, 5.41) is 15.2. The number of fused-ring (bicyclic) bond motifs is 1. The standard InChI is InChI=1S/C18H14N2O6/c1-11(25-18(22)15-8-9-16(26-15)20(23)24)17(21)19-14-7-6-12-4-2-3-5-13(12)10-14/h2-11H,1H3,(H,19,21)/t11-/m0/s1. The molecule has 0 saturated heterocycles. The van der Waals surface area contributed by atoms with Gasteiger partial charge in [0.25, 0.3) is 5.91 Å². The number of nitrogens with one attached hydrogen (secondary N) is 1. The van der Waals surface area contributed by atoms with Crippen molar-refractivity contribution >= 4 is 34.2 Å². The Bertz CT molecular complexity index is 994. The molecule has 3 aromatic rings. The second kappa shape index (κ2) is 7.06. The Balaban J connectivity index is 1.64. The largest absolute Gasteiger partial charge is 0.447 e. The molecule has 3 rings (SSSR count). The van der Waals surface area contributed by atoms with E-state index in [4.69, 9.17) is 9.15 Å². The van der Waals surface area contributed by atoms with Crippen LogP contribution in [0.3, 0.4) is 0 Å². The summed E-state index contributed by atoms with van der Waals surface area (Å²) in [6, 6.07) is 15.2. The average molecular weight is 354 g/mol. The van der Waals surface area contributed by atoms with Crippen molar-refractivity contribution in [1.82, 2.24) is 0 Å². The van der Waals surface area contributed by atoms with Crippen molar-refractivity contribution in [2.45, 2.75) is 13.0 Å². The Morgan fingerprint density at radius 3 is 2.54 bits per heavy atom. The van der Waals surface area contributed by atoms with E-state index in [1.54, 1.807) is 12.1 Å². The second-order valence-electron chi connectivity index (χ2n) is 5.49. The van der Waals surface area contributed by atoms with E-state index in [0.29, 0.717) is 5.69 Å². The maximum atomic E-state index is 12.2. The fraction of sp³-hybridized carbons (Fsp3) is 0.111. The first-order chi connectivity index (χ1) is 12.4. The van der Waals surface area contributed by atoms with E-state index < -0.39 is 28.8 Å². The molecule has 0 bridgehead atoms. The first kappa shape index (κ1) is 17.2. The van der Waals surface area contributed by atoms with Crippen molar-refractivity contribution in [2.75, 3.05) is 5.32 Å². The van der Waals surface area contributed by atoms with E-state index >= 15 is 0 Å². The van der Waals surface area contributed by atoms with Crippen LogP contribution in [0.4, 0.5) is 11.6 Å². The Labute approximate surface area is 147 Å². The molecule has 1 heterocycles. The molecule has 8 heteroatoms. The maximum Gasteiger partial charge on any atom is 0.433 e. The van der Waals surface area contributed by atoms with Crippen LogP contribution in [0.1, 0.15) is 17.5 Å². The number of nitro groups is 1. The molecule has 0 saturated carbocycles. The number of rotatable bonds is 5. The molecule has 1 amide bonds. The van der Waals surface area contributed by atoms with Crippen LogP contribution in [-0.4, -0.2) is 22.9 Å². The van der Waals surface area contributed by atoms with Crippen molar-refractivity contribution in [1.29, 1.82) is 0 Å². The molecule has 26 heavy (non-hydrogen) atoms. The summed E-state index contributed by atoms with van der Waals surface area (Å²) < 4.78 is 9.73. The molecule has 0 unspecified atom stereocenters. The number of anilines is 1. The Hall–Kier alpha value is -3.68. The Morgan fingerprint density at radius 2 is 1.85 bits per heavy atom. The lowest BCUT2D eigenvalue weighted by Gasteiger charge is -2.13. The minimum absolute atomic E-state index is 0.345. The van der Waals surface area contributed by atoms with Crippen LogP contribution < -0.4 is 5.32 Å². The lowest BCUT2D eigenvalue weighted by Crippen LogP contribution is -2.29. The second-order valence-corrected chi connectivity index (χ2v) is 5.49. The molecule has 1 N–H and O–H groups in total. The minimum atomic E-state index is -1.11. The van der Waals surface area contributed by atoms with Crippen molar-refractivity contribution in [3.63, 3.8) is 0 Å². The van der Waals surface area contributed by atoms with Gasteiger partial charge in [-0.3, -0.25) is 14.9 Å². The molecule has 2 aromatic carbocycles. The van der Waals surface area contributed by atoms with Crippen molar-refractivity contribution in [3.05, 3.63) is 70.5 Å². The molecule has 0 aliphatic rings. The minimum Gasteiger partial charge on any atom is -0.447 e. The van der Waals surface area contributed by atoms with Gasteiger partial charge in [0.2, 0.25) is 5.76 Å². The highest BCUT2D eigenvalue weighted by molar-refractivity contribution is 5.98. The number of carbonyl (C=O) groups excluding carboxylic acids is 2. The first-order valence-corrected chi connectivity index (χ1v) is 7.69. The van der Waals surface area contributed by atoms with Crippen molar-refractivity contribution < 1.29 is 23.7 Å². The summed E-state index contributed by atoms with van der Waals surface area (Å²) in [6.45, 7) is 1.39. The SMILES string of the molecule is C[C@H](OC(=O)c1ccc([N+](=O)[O-])o1)C(=O)Nc1ccc2ccccc2c1. The molecule has 1 atom stereocenters. The highest BCUT2D eigenvalue weighted by Crippen LogP contribution is 2.20. The summed E-state index contributed by atoms with van der Waals surface area (Å²) in [5.74, 6) is -2.42. The molecule has 132 valence electrons. The predicted molar refractivity (Wildman–Crippen MR) is 92.8 cm³/mol. The average Bonchev–Trinajstić information content (AvgIpc) is 3.12. The fourth-order valence-corrected chi connectivity index (χ4v) is 2.32. The summed E-state index contributed by atoms with van der Waals surface area (Å²) in [4.78, 5) is 33.9. The number of furan rings is 1. The van der Waals surface area contributed by atoms with Crippen LogP contribution in [0, 0.1) is 10.1 Å². The third-order valence-corrected chi connectivity index (χ3v) is 3.64. The van der Waals surface area contributed by atoms with Crippen molar-refractivity contribution in [2.24, 2.45) is 0 Å². The molecule has 0 fully saturated rings. The smallest absolute Gasteiger partial charge is 0.433 e. The zero-order chi connectivity index (χ0) is 18.7. The highest BCUT2D eigenvalue weighted by Gasteiger charge is 2.23. The number of hydrogen-bond donors (Lipinski definition) is 1. The van der Waals surface area contributed by atoms with E-state index in [0.717, 1.165) is 22.9 Å². The van der Waals surface area contributed by atoms with Crippen LogP contribution in [0.25, 0.3) is 10.8 Å². The Kier molecular flexibility index (Phi) is 4.66. The van der Waals surface area contributed by atoms with Crippen molar-refractivity contribution in [3.8, 4) is 0 Å². The van der Waals surface area contributed by atoms with Crippen LogP contribution >= 0.6 is 0 Å².